The SMILES string of the molecule is CC[C@H](NC(=O)OC)C(=O)N1CCC[C@H]1c1ncc(-c2ccc3cc(-c4ccc(-c5cnc([C@@H]6C[C@H](CNS(C)(=O)=O)CN6C(=O)[C@@H](NC(=O)OC)C(C)C)[nH]5)cc4)ccc3c2)[nH]1. The molecule has 17 nitrogen and oxygen atoms in total. The van der Waals surface area contributed by atoms with E-state index in [0.29, 0.717) is 31.0 Å². The fraction of sp³-hybridized carbons (Fsp3) is 0.422. The summed E-state index contributed by atoms with van der Waals surface area (Å²) in [5.74, 6) is 0.413. The van der Waals surface area contributed by atoms with Crippen molar-refractivity contribution in [3.8, 4) is 33.6 Å². The van der Waals surface area contributed by atoms with Crippen LogP contribution in [0.5, 0.6) is 0 Å². The van der Waals surface area contributed by atoms with Crippen molar-refractivity contribution in [1.29, 1.82) is 0 Å². The van der Waals surface area contributed by atoms with Crippen LogP contribution in [0.3, 0.4) is 0 Å². The zero-order valence-electron chi connectivity index (χ0n) is 36.3. The van der Waals surface area contributed by atoms with E-state index in [2.05, 4.69) is 71.7 Å². The summed E-state index contributed by atoms with van der Waals surface area (Å²) in [5, 5.41) is 7.43. The van der Waals surface area contributed by atoms with E-state index in [1.54, 1.807) is 22.2 Å². The molecule has 2 saturated heterocycles. The van der Waals surface area contributed by atoms with Gasteiger partial charge in [-0.3, -0.25) is 9.59 Å². The van der Waals surface area contributed by atoms with Crippen LogP contribution in [-0.2, 0) is 29.1 Å². The quantitative estimate of drug-likeness (QED) is 0.0888. The summed E-state index contributed by atoms with van der Waals surface area (Å²) in [4.78, 5) is 71.1. The number of likely N-dealkylation sites (tertiary alicyclic amines) is 2. The molecule has 5 atom stereocenters. The summed E-state index contributed by atoms with van der Waals surface area (Å²) < 4.78 is 35.9. The summed E-state index contributed by atoms with van der Waals surface area (Å²) in [6.07, 6.45) is 5.81. The van der Waals surface area contributed by atoms with Crippen LogP contribution in [0.1, 0.15) is 70.2 Å². The zero-order chi connectivity index (χ0) is 45.0. The highest BCUT2D eigenvalue weighted by molar-refractivity contribution is 7.88. The van der Waals surface area contributed by atoms with E-state index in [9.17, 15) is 27.6 Å². The minimum Gasteiger partial charge on any atom is -0.453 e. The number of imidazole rings is 2. The highest BCUT2D eigenvalue weighted by Gasteiger charge is 2.42. The van der Waals surface area contributed by atoms with E-state index < -0.39 is 40.3 Å². The number of methoxy groups -OCH3 is 2. The fourth-order valence-electron chi connectivity index (χ4n) is 8.52. The number of ether oxygens (including phenoxy) is 2. The number of nitrogens with one attached hydrogen (secondary N) is 5. The van der Waals surface area contributed by atoms with Crippen molar-refractivity contribution in [1.82, 2.24) is 45.1 Å². The Labute approximate surface area is 366 Å². The standard InChI is InChI=1S/C45H55N9O8S/c1-7-34(51-44(57)61-4)42(55)53-18-8-9-37(53)40-46-24-36(50-40)33-17-16-31-20-30(14-15-32(31)21-33)28-10-12-29(13-11-28)35-23-47-41(49-35)38-19-27(22-48-63(6,59)60)25-54(38)43(56)39(26(2)3)52-45(58)62-5/h10-17,20-21,23-24,26-27,34,37-39,48H,7-9,18-19,22,25H2,1-6H3,(H,46,50)(H,47,49)(H,51,57)(H,52,58)/t27-,34+,37+,38+,39+/m1/s1. The topological polar surface area (TPSA) is 221 Å². The molecule has 334 valence electrons. The van der Waals surface area contributed by atoms with Gasteiger partial charge < -0.3 is 39.9 Å². The molecule has 2 aliphatic rings. The summed E-state index contributed by atoms with van der Waals surface area (Å²) in [6.45, 7) is 6.55. The van der Waals surface area contributed by atoms with E-state index in [1.807, 2.05) is 45.0 Å². The Hall–Kier alpha value is -6.27. The maximum absolute atomic E-state index is 14.0. The third-order valence-electron chi connectivity index (χ3n) is 11.9. The van der Waals surface area contributed by atoms with Crippen molar-refractivity contribution in [3.05, 3.63) is 84.7 Å². The average Bonchev–Trinajstić information content (AvgIpc) is 4.12. The molecule has 4 heterocycles. The van der Waals surface area contributed by atoms with E-state index in [1.165, 1.54) is 14.2 Å². The van der Waals surface area contributed by atoms with E-state index in [0.717, 1.165) is 63.5 Å². The molecule has 2 aromatic heterocycles. The zero-order valence-corrected chi connectivity index (χ0v) is 37.1. The van der Waals surface area contributed by atoms with E-state index >= 15 is 0 Å². The lowest BCUT2D eigenvalue weighted by Crippen LogP contribution is -2.51. The van der Waals surface area contributed by atoms with Gasteiger partial charge in [-0.15, -0.1) is 0 Å². The van der Waals surface area contributed by atoms with Gasteiger partial charge in [-0.05, 0) is 77.1 Å². The van der Waals surface area contributed by atoms with Crippen molar-refractivity contribution < 1.29 is 37.1 Å². The molecule has 3 aromatic carbocycles. The molecule has 7 rings (SSSR count). The number of rotatable bonds is 14. The third-order valence-corrected chi connectivity index (χ3v) is 12.6. The summed E-state index contributed by atoms with van der Waals surface area (Å²) in [6, 6.07) is 18.5. The van der Waals surface area contributed by atoms with Crippen molar-refractivity contribution >= 4 is 44.8 Å². The van der Waals surface area contributed by atoms with Crippen LogP contribution in [0, 0.1) is 11.8 Å². The number of benzene rings is 3. The van der Waals surface area contributed by atoms with Crippen LogP contribution < -0.4 is 15.4 Å². The minimum absolute atomic E-state index is 0.151. The van der Waals surface area contributed by atoms with Gasteiger partial charge in [0.15, 0.2) is 0 Å². The Kier molecular flexibility index (Phi) is 13.5. The van der Waals surface area contributed by atoms with E-state index in [-0.39, 0.29) is 42.8 Å². The van der Waals surface area contributed by atoms with Gasteiger partial charge in [0.2, 0.25) is 21.8 Å². The summed E-state index contributed by atoms with van der Waals surface area (Å²) >= 11 is 0. The van der Waals surface area contributed by atoms with Crippen LogP contribution in [0.15, 0.2) is 73.1 Å². The number of carbonyl (C=O) groups is 4. The number of nitrogens with zero attached hydrogens (tertiary/aromatic N) is 4. The molecule has 4 amide bonds. The van der Waals surface area contributed by atoms with Gasteiger partial charge in [-0.1, -0.05) is 69.3 Å². The number of H-pyrrole nitrogens is 2. The number of hydrogen-bond donors (Lipinski definition) is 5. The second-order valence-electron chi connectivity index (χ2n) is 16.6. The lowest BCUT2D eigenvalue weighted by Gasteiger charge is -2.30. The summed E-state index contributed by atoms with van der Waals surface area (Å²) in [5.41, 5.74) is 5.54. The molecule has 63 heavy (non-hydrogen) atoms. The Morgan fingerprint density at radius 2 is 1.35 bits per heavy atom. The Morgan fingerprint density at radius 3 is 1.97 bits per heavy atom. The van der Waals surface area contributed by atoms with Crippen LogP contribution >= 0.6 is 0 Å². The molecule has 2 fully saturated rings. The number of alkyl carbamates (subject to hydrolysis) is 2. The molecule has 2 aliphatic heterocycles. The second-order valence-corrected chi connectivity index (χ2v) is 18.4. The number of aromatic amines is 2. The van der Waals surface area contributed by atoms with Crippen molar-refractivity contribution in [2.45, 2.75) is 70.6 Å². The van der Waals surface area contributed by atoms with Gasteiger partial charge in [0, 0.05) is 25.2 Å². The minimum atomic E-state index is -3.44. The van der Waals surface area contributed by atoms with Crippen molar-refractivity contribution in [3.63, 3.8) is 0 Å². The fourth-order valence-corrected chi connectivity index (χ4v) is 9.05. The lowest BCUT2D eigenvalue weighted by atomic mass is 9.98. The first-order valence-corrected chi connectivity index (χ1v) is 23.0. The van der Waals surface area contributed by atoms with Crippen molar-refractivity contribution in [2.24, 2.45) is 11.8 Å². The number of amides is 4. The smallest absolute Gasteiger partial charge is 0.407 e. The normalized spacial score (nSPS) is 18.7. The number of carbonyl (C=O) groups excluding carboxylic acids is 4. The molecular weight excluding hydrogens is 827 g/mol. The molecule has 0 radical (unpaired) electrons. The van der Waals surface area contributed by atoms with Crippen LogP contribution in [0.2, 0.25) is 0 Å². The van der Waals surface area contributed by atoms with E-state index in [4.69, 9.17) is 9.47 Å². The maximum atomic E-state index is 14.0. The number of aromatic nitrogens is 4. The highest BCUT2D eigenvalue weighted by atomic mass is 32.2. The largest absolute Gasteiger partial charge is 0.453 e. The van der Waals surface area contributed by atoms with Crippen LogP contribution in [0.25, 0.3) is 44.4 Å². The first-order chi connectivity index (χ1) is 30.2. The number of fused-ring (bicyclic) bond motifs is 1. The molecular formula is C45H55N9O8S. The predicted octanol–water partition coefficient (Wildman–Crippen LogP) is 5.90. The van der Waals surface area contributed by atoms with Gasteiger partial charge >= 0.3 is 12.2 Å². The molecule has 18 heteroatoms. The number of hydrogen-bond acceptors (Lipinski definition) is 10. The molecule has 0 saturated carbocycles. The lowest BCUT2D eigenvalue weighted by molar-refractivity contribution is -0.136. The van der Waals surface area contributed by atoms with Crippen LogP contribution in [0.4, 0.5) is 9.59 Å². The Bertz CT molecular complexity index is 2570. The molecule has 0 unspecified atom stereocenters. The Balaban J connectivity index is 1.05. The monoisotopic (exact) mass is 881 g/mol. The first kappa shape index (κ1) is 44.8. The Morgan fingerprint density at radius 1 is 0.778 bits per heavy atom. The molecule has 0 bridgehead atoms. The van der Waals surface area contributed by atoms with Crippen molar-refractivity contribution in [2.75, 3.05) is 40.1 Å². The van der Waals surface area contributed by atoms with Crippen LogP contribution in [-0.4, -0.2) is 114 Å². The predicted molar refractivity (Wildman–Crippen MR) is 237 cm³/mol. The number of sulfonamides is 1. The molecule has 0 aliphatic carbocycles. The van der Waals surface area contributed by atoms with Gasteiger partial charge in [-0.25, -0.2) is 32.7 Å². The van der Waals surface area contributed by atoms with Gasteiger partial charge in [0.25, 0.3) is 0 Å². The highest BCUT2D eigenvalue weighted by Crippen LogP contribution is 2.37. The second kappa shape index (κ2) is 19.0. The molecule has 0 spiro atoms. The van der Waals surface area contributed by atoms with Gasteiger partial charge in [0.1, 0.15) is 23.7 Å². The maximum Gasteiger partial charge on any atom is 0.407 e. The molecule has 5 N–H and O–H groups in total. The third kappa shape index (κ3) is 10.2. The molecule has 5 aromatic rings. The summed E-state index contributed by atoms with van der Waals surface area (Å²) in [7, 11) is -0.923. The van der Waals surface area contributed by atoms with Gasteiger partial charge in [0.05, 0.1) is 56.3 Å². The average molecular weight is 882 g/mol. The van der Waals surface area contributed by atoms with Gasteiger partial charge in [-0.2, -0.15) is 0 Å². The first-order valence-electron chi connectivity index (χ1n) is 21.2.